The Morgan fingerprint density at radius 1 is 1.44 bits per heavy atom. The van der Waals surface area contributed by atoms with E-state index in [9.17, 15) is 13.2 Å². The minimum atomic E-state index is -3.38. The van der Waals surface area contributed by atoms with Crippen LogP contribution in [0.1, 0.15) is 12.8 Å². The van der Waals surface area contributed by atoms with Crippen molar-refractivity contribution in [2.45, 2.75) is 12.8 Å². The molecule has 0 heterocycles. The lowest BCUT2D eigenvalue weighted by Crippen LogP contribution is -2.16. The summed E-state index contributed by atoms with van der Waals surface area (Å²) in [6.07, 6.45) is 1.97. The van der Waals surface area contributed by atoms with E-state index < -0.39 is 10.0 Å². The minimum Gasteiger partial charge on any atom is -0.291 e. The van der Waals surface area contributed by atoms with E-state index in [0.29, 0.717) is 0 Å². The molecule has 0 amide bonds. The molecule has 9 heavy (non-hydrogen) atoms. The molecule has 4 nitrogen and oxygen atoms in total. The van der Waals surface area contributed by atoms with E-state index in [-0.39, 0.29) is 18.6 Å². The molecule has 0 bridgehead atoms. The number of carbonyl (C=O) groups excluding carboxylic acids is 1. The molecule has 5 heteroatoms. The van der Waals surface area contributed by atoms with Gasteiger partial charge < -0.3 is 0 Å². The van der Waals surface area contributed by atoms with Gasteiger partial charge in [0.25, 0.3) is 0 Å². The van der Waals surface area contributed by atoms with Crippen molar-refractivity contribution in [3.05, 3.63) is 0 Å². The van der Waals surface area contributed by atoms with Crippen LogP contribution in [0.4, 0.5) is 0 Å². The van der Waals surface area contributed by atoms with Gasteiger partial charge in [-0.3, -0.25) is 4.79 Å². The van der Waals surface area contributed by atoms with Gasteiger partial charge in [0.1, 0.15) is 0 Å². The number of hydrogen-bond acceptors (Lipinski definition) is 3. The van der Waals surface area contributed by atoms with Crippen molar-refractivity contribution >= 4 is 16.3 Å². The van der Waals surface area contributed by atoms with Gasteiger partial charge >= 0.3 is 0 Å². The summed E-state index contributed by atoms with van der Waals surface area (Å²) in [6, 6.07) is 0. The van der Waals surface area contributed by atoms with E-state index >= 15 is 0 Å². The number of hydrogen-bond donors (Lipinski definition) is 1. The van der Waals surface area contributed by atoms with Crippen LogP contribution >= 0.6 is 0 Å². The molecular weight excluding hydrogens is 142 g/mol. The lowest BCUT2D eigenvalue weighted by Gasteiger charge is -1.90. The van der Waals surface area contributed by atoms with Crippen LogP contribution in [0, 0.1) is 0 Å². The first-order chi connectivity index (χ1) is 4.06. The average molecular weight is 150 g/mol. The normalized spacial score (nSPS) is 11.2. The van der Waals surface area contributed by atoms with Crippen LogP contribution in [0.15, 0.2) is 0 Å². The maximum Gasteiger partial charge on any atom is 0.209 e. The van der Waals surface area contributed by atoms with E-state index in [1.807, 2.05) is 0 Å². The van der Waals surface area contributed by atoms with Gasteiger partial charge in [-0.15, -0.1) is 0 Å². The summed E-state index contributed by atoms with van der Waals surface area (Å²) in [7, 11) is -3.38. The predicted octanol–water partition coefficient (Wildman–Crippen LogP) is -0.835. The van der Waals surface area contributed by atoms with Crippen LogP contribution in [-0.4, -0.2) is 20.5 Å². The first kappa shape index (κ1) is 8.58. The SMILES string of the molecule is NS(=O)(=O)CCC[C]=O. The molecule has 0 atom stereocenters. The molecule has 0 aromatic rings. The lowest BCUT2D eigenvalue weighted by atomic mass is 10.4. The Balaban J connectivity index is 3.40. The lowest BCUT2D eigenvalue weighted by molar-refractivity contribution is 0.550. The molecule has 0 aliphatic carbocycles. The Hall–Kier alpha value is -0.420. The maximum absolute atomic E-state index is 10.2. The molecule has 0 spiro atoms. The van der Waals surface area contributed by atoms with E-state index in [0.717, 1.165) is 0 Å². The highest BCUT2D eigenvalue weighted by molar-refractivity contribution is 7.89. The van der Waals surface area contributed by atoms with Crippen molar-refractivity contribution in [1.82, 2.24) is 0 Å². The van der Waals surface area contributed by atoms with Crippen LogP contribution < -0.4 is 5.14 Å². The zero-order valence-corrected chi connectivity index (χ0v) is 5.65. The van der Waals surface area contributed by atoms with Gasteiger partial charge in [0.15, 0.2) is 6.29 Å². The van der Waals surface area contributed by atoms with Crippen LogP contribution in [0.25, 0.3) is 0 Å². The Kier molecular flexibility index (Phi) is 3.41. The summed E-state index contributed by atoms with van der Waals surface area (Å²) in [4.78, 5) is 9.53. The molecule has 0 aromatic carbocycles. The van der Waals surface area contributed by atoms with Crippen molar-refractivity contribution in [2.75, 3.05) is 5.75 Å². The molecule has 1 radical (unpaired) electrons. The minimum absolute atomic E-state index is 0.135. The smallest absolute Gasteiger partial charge is 0.209 e. The Morgan fingerprint density at radius 2 is 2.00 bits per heavy atom. The van der Waals surface area contributed by atoms with Crippen molar-refractivity contribution in [2.24, 2.45) is 5.14 Å². The molecule has 0 saturated heterocycles. The summed E-state index contributed by atoms with van der Waals surface area (Å²) in [6.45, 7) is 0. The largest absolute Gasteiger partial charge is 0.291 e. The van der Waals surface area contributed by atoms with Gasteiger partial charge in [0, 0.05) is 6.42 Å². The molecule has 53 valence electrons. The monoisotopic (exact) mass is 150 g/mol. The van der Waals surface area contributed by atoms with Gasteiger partial charge in [0.05, 0.1) is 5.75 Å². The number of sulfonamides is 1. The molecule has 0 aliphatic heterocycles. The summed E-state index contributed by atoms with van der Waals surface area (Å²) in [5, 5.41) is 4.62. The van der Waals surface area contributed by atoms with Gasteiger partial charge in [0.2, 0.25) is 10.0 Å². The topological polar surface area (TPSA) is 77.2 Å². The predicted molar refractivity (Wildman–Crippen MR) is 32.9 cm³/mol. The fraction of sp³-hybridized carbons (Fsp3) is 0.750. The zero-order valence-electron chi connectivity index (χ0n) is 4.83. The molecule has 0 fully saturated rings. The second kappa shape index (κ2) is 3.58. The first-order valence-corrected chi connectivity index (χ1v) is 4.13. The van der Waals surface area contributed by atoms with Crippen molar-refractivity contribution < 1.29 is 13.2 Å². The third kappa shape index (κ3) is 7.58. The molecule has 0 aromatic heterocycles. The standard InChI is InChI=1S/C4H8NO3S/c5-9(7,8)4-2-1-3-6/h1-2,4H2,(H2,5,7,8). The van der Waals surface area contributed by atoms with Gasteiger partial charge in [-0.25, -0.2) is 13.6 Å². The Labute approximate surface area is 54.1 Å². The third-order valence-electron chi connectivity index (χ3n) is 0.708. The van der Waals surface area contributed by atoms with E-state index in [4.69, 9.17) is 0 Å². The second-order valence-corrected chi connectivity index (χ2v) is 3.35. The fourth-order valence-electron chi connectivity index (χ4n) is 0.346. The van der Waals surface area contributed by atoms with E-state index in [1.54, 1.807) is 6.29 Å². The Bertz CT molecular complexity index is 172. The van der Waals surface area contributed by atoms with Crippen molar-refractivity contribution in [1.29, 1.82) is 0 Å². The van der Waals surface area contributed by atoms with Gasteiger partial charge in [-0.2, -0.15) is 0 Å². The molecule has 0 aliphatic rings. The second-order valence-electron chi connectivity index (χ2n) is 1.61. The molecular formula is C4H8NO3S. The van der Waals surface area contributed by atoms with Crippen LogP contribution in [0.5, 0.6) is 0 Å². The summed E-state index contributed by atoms with van der Waals surface area (Å²) in [5.74, 6) is -0.137. The quantitative estimate of drug-likeness (QED) is 0.531. The molecule has 0 saturated carbocycles. The highest BCUT2D eigenvalue weighted by atomic mass is 32.2. The highest BCUT2D eigenvalue weighted by Gasteiger charge is 1.99. The Morgan fingerprint density at radius 3 is 2.33 bits per heavy atom. The van der Waals surface area contributed by atoms with Crippen molar-refractivity contribution in [3.63, 3.8) is 0 Å². The van der Waals surface area contributed by atoms with Gasteiger partial charge in [-0.05, 0) is 6.42 Å². The summed E-state index contributed by atoms with van der Waals surface area (Å²) in [5.41, 5.74) is 0. The van der Waals surface area contributed by atoms with Gasteiger partial charge in [-0.1, -0.05) is 0 Å². The van der Waals surface area contributed by atoms with Crippen molar-refractivity contribution in [3.8, 4) is 0 Å². The number of nitrogens with two attached hydrogens (primary N) is 1. The van der Waals surface area contributed by atoms with E-state index in [2.05, 4.69) is 5.14 Å². The van der Waals surface area contributed by atoms with Crippen LogP contribution in [0.3, 0.4) is 0 Å². The van der Waals surface area contributed by atoms with E-state index in [1.165, 1.54) is 0 Å². The molecule has 0 unspecified atom stereocenters. The number of rotatable bonds is 4. The molecule has 0 rings (SSSR count). The zero-order chi connectivity index (χ0) is 7.33. The number of unbranched alkanes of at least 4 members (excludes halogenated alkanes) is 1. The first-order valence-electron chi connectivity index (χ1n) is 2.42. The highest BCUT2D eigenvalue weighted by Crippen LogP contribution is 1.87. The molecule has 2 N–H and O–H groups in total. The third-order valence-corrected chi connectivity index (χ3v) is 1.57. The summed E-state index contributed by atoms with van der Waals surface area (Å²) >= 11 is 0. The average Bonchev–Trinajstić information content (AvgIpc) is 1.63. The fourth-order valence-corrected chi connectivity index (χ4v) is 0.892. The summed E-state index contributed by atoms with van der Waals surface area (Å²) < 4.78 is 20.3. The van der Waals surface area contributed by atoms with Crippen LogP contribution in [-0.2, 0) is 14.8 Å². The maximum atomic E-state index is 10.2. The number of primary sulfonamides is 1. The van der Waals surface area contributed by atoms with Crippen LogP contribution in [0.2, 0.25) is 0 Å².